The summed E-state index contributed by atoms with van der Waals surface area (Å²) < 4.78 is 26.9. The van der Waals surface area contributed by atoms with Crippen molar-refractivity contribution in [1.82, 2.24) is 4.90 Å². The number of carbonyl (C=O) groups is 1. The molecule has 1 amide bonds. The second kappa shape index (κ2) is 5.12. The van der Waals surface area contributed by atoms with Crippen molar-refractivity contribution in [3.05, 3.63) is 35.4 Å². The first-order valence-electron chi connectivity index (χ1n) is 5.09. The second-order valence-electron chi connectivity index (χ2n) is 4.41. The van der Waals surface area contributed by atoms with Gasteiger partial charge in [0.05, 0.1) is 0 Å². The Morgan fingerprint density at radius 1 is 1.35 bits per heavy atom. The zero-order valence-corrected chi connectivity index (χ0v) is 11.5. The fraction of sp³-hybridized carbons (Fsp3) is 0.417. The predicted octanol–water partition coefficient (Wildman–Crippen LogP) is 3.21. The highest BCUT2D eigenvalue weighted by atomic mass is 79.9. The summed E-state index contributed by atoms with van der Waals surface area (Å²) in [6.45, 7) is 3.61. The Balaban J connectivity index is 3.14. The molecule has 0 N–H and O–H groups in total. The molecular formula is C12H14BrF2NO. The van der Waals surface area contributed by atoms with E-state index >= 15 is 0 Å². The molecule has 0 bridgehead atoms. The first-order valence-corrected chi connectivity index (χ1v) is 6.21. The Kier molecular flexibility index (Phi) is 4.25. The highest BCUT2D eigenvalue weighted by Gasteiger charge is 2.30. The number of nitrogens with zero attached hydrogens (tertiary/aromatic N) is 1. The van der Waals surface area contributed by atoms with Crippen molar-refractivity contribution in [3.8, 4) is 0 Å². The summed E-state index contributed by atoms with van der Waals surface area (Å²) in [5.74, 6) is -2.34. The van der Waals surface area contributed by atoms with Crippen LogP contribution in [0.1, 0.15) is 24.2 Å². The van der Waals surface area contributed by atoms with Crippen molar-refractivity contribution < 1.29 is 13.6 Å². The van der Waals surface area contributed by atoms with Crippen LogP contribution in [0.4, 0.5) is 8.78 Å². The zero-order chi connectivity index (χ0) is 13.2. The maximum Gasteiger partial charge on any atom is 0.260 e. The average molecular weight is 306 g/mol. The molecule has 0 saturated carbocycles. The van der Waals surface area contributed by atoms with Crippen LogP contribution in [-0.4, -0.2) is 28.7 Å². The highest BCUT2D eigenvalue weighted by molar-refractivity contribution is 9.09. The summed E-state index contributed by atoms with van der Waals surface area (Å²) in [6, 6.07) is 3.38. The average Bonchev–Trinajstić information content (AvgIpc) is 2.27. The lowest BCUT2D eigenvalue weighted by Crippen LogP contribution is -2.46. The number of amides is 1. The van der Waals surface area contributed by atoms with E-state index in [4.69, 9.17) is 0 Å². The number of hydrogen-bond donors (Lipinski definition) is 0. The van der Waals surface area contributed by atoms with Gasteiger partial charge in [-0.2, -0.15) is 0 Å². The molecule has 0 aromatic heterocycles. The van der Waals surface area contributed by atoms with Crippen molar-refractivity contribution >= 4 is 21.8 Å². The molecule has 1 rings (SSSR count). The molecule has 17 heavy (non-hydrogen) atoms. The molecular weight excluding hydrogens is 292 g/mol. The topological polar surface area (TPSA) is 20.3 Å². The summed E-state index contributed by atoms with van der Waals surface area (Å²) in [5, 5.41) is 0.512. The summed E-state index contributed by atoms with van der Waals surface area (Å²) >= 11 is 3.27. The zero-order valence-electron chi connectivity index (χ0n) is 9.93. The van der Waals surface area contributed by atoms with Crippen LogP contribution in [-0.2, 0) is 0 Å². The van der Waals surface area contributed by atoms with Gasteiger partial charge in [0, 0.05) is 17.9 Å². The normalized spacial score (nSPS) is 11.4. The minimum Gasteiger partial charge on any atom is -0.336 e. The molecule has 0 heterocycles. The van der Waals surface area contributed by atoms with Crippen molar-refractivity contribution in [1.29, 1.82) is 0 Å². The largest absolute Gasteiger partial charge is 0.336 e. The van der Waals surface area contributed by atoms with Crippen LogP contribution in [0.3, 0.4) is 0 Å². The molecule has 0 saturated heterocycles. The van der Waals surface area contributed by atoms with E-state index in [1.807, 2.05) is 0 Å². The van der Waals surface area contributed by atoms with Crippen molar-refractivity contribution in [2.45, 2.75) is 19.4 Å². The first kappa shape index (κ1) is 14.1. The van der Waals surface area contributed by atoms with Crippen LogP contribution < -0.4 is 0 Å². The highest BCUT2D eigenvalue weighted by Crippen LogP contribution is 2.21. The van der Waals surface area contributed by atoms with Gasteiger partial charge in [-0.3, -0.25) is 4.79 Å². The van der Waals surface area contributed by atoms with Crippen LogP contribution in [0.5, 0.6) is 0 Å². The smallest absolute Gasteiger partial charge is 0.260 e. The third kappa shape index (κ3) is 2.83. The lowest BCUT2D eigenvalue weighted by atomic mass is 10.0. The van der Waals surface area contributed by atoms with Gasteiger partial charge < -0.3 is 4.90 Å². The van der Waals surface area contributed by atoms with E-state index in [0.29, 0.717) is 5.33 Å². The summed E-state index contributed by atoms with van der Waals surface area (Å²) in [7, 11) is 1.52. The third-order valence-electron chi connectivity index (χ3n) is 2.72. The van der Waals surface area contributed by atoms with Gasteiger partial charge in [0.25, 0.3) is 5.91 Å². The third-order valence-corrected chi connectivity index (χ3v) is 4.09. The van der Waals surface area contributed by atoms with E-state index in [-0.39, 0.29) is 0 Å². The van der Waals surface area contributed by atoms with E-state index in [0.717, 1.165) is 12.1 Å². The fourth-order valence-electron chi connectivity index (χ4n) is 1.23. The summed E-state index contributed by atoms with van der Waals surface area (Å²) in [4.78, 5) is 13.3. The van der Waals surface area contributed by atoms with Crippen LogP contribution in [0.25, 0.3) is 0 Å². The SMILES string of the molecule is CN(C(=O)c1c(F)cccc1F)C(C)(C)CBr. The van der Waals surface area contributed by atoms with Gasteiger partial charge in [-0.1, -0.05) is 22.0 Å². The minimum absolute atomic E-state index is 0.510. The second-order valence-corrected chi connectivity index (χ2v) is 4.97. The van der Waals surface area contributed by atoms with Gasteiger partial charge in [0.1, 0.15) is 17.2 Å². The Bertz CT molecular complexity index is 414. The van der Waals surface area contributed by atoms with Crippen molar-refractivity contribution in [2.24, 2.45) is 0 Å². The Hall–Kier alpha value is -0.970. The minimum atomic E-state index is -0.841. The summed E-state index contributed by atoms with van der Waals surface area (Å²) in [5.41, 5.74) is -1.03. The van der Waals surface area contributed by atoms with Crippen LogP contribution >= 0.6 is 15.9 Å². The number of halogens is 3. The molecule has 1 aromatic carbocycles. The number of rotatable bonds is 3. The van der Waals surface area contributed by atoms with E-state index in [9.17, 15) is 13.6 Å². The molecule has 2 nitrogen and oxygen atoms in total. The van der Waals surface area contributed by atoms with Crippen LogP contribution in [0.2, 0.25) is 0 Å². The van der Waals surface area contributed by atoms with Crippen molar-refractivity contribution in [2.75, 3.05) is 12.4 Å². The standard InChI is InChI=1S/C12H14BrF2NO/c1-12(2,7-13)16(3)11(17)10-8(14)5-4-6-9(10)15/h4-6H,7H2,1-3H3. The van der Waals surface area contributed by atoms with Gasteiger partial charge in [-0.05, 0) is 26.0 Å². The maximum absolute atomic E-state index is 13.5. The molecule has 1 aromatic rings. The fourth-order valence-corrected chi connectivity index (χ4v) is 1.61. The quantitative estimate of drug-likeness (QED) is 0.785. The van der Waals surface area contributed by atoms with Gasteiger partial charge in [0.15, 0.2) is 0 Å². The number of alkyl halides is 1. The van der Waals surface area contributed by atoms with E-state index in [1.165, 1.54) is 18.0 Å². The molecule has 94 valence electrons. The molecule has 0 atom stereocenters. The number of carbonyl (C=O) groups excluding carboxylic acids is 1. The van der Waals surface area contributed by atoms with Crippen molar-refractivity contribution in [3.63, 3.8) is 0 Å². The molecule has 0 aliphatic rings. The molecule has 0 spiro atoms. The molecule has 0 fully saturated rings. The summed E-state index contributed by atoms with van der Waals surface area (Å²) in [6.07, 6.45) is 0. The van der Waals surface area contributed by atoms with Gasteiger partial charge in [0.2, 0.25) is 0 Å². The Morgan fingerprint density at radius 2 is 1.82 bits per heavy atom. The lowest BCUT2D eigenvalue weighted by Gasteiger charge is -2.34. The van der Waals surface area contributed by atoms with Crippen LogP contribution in [0, 0.1) is 11.6 Å². The predicted molar refractivity (Wildman–Crippen MR) is 66.3 cm³/mol. The van der Waals surface area contributed by atoms with Crippen LogP contribution in [0.15, 0.2) is 18.2 Å². The lowest BCUT2D eigenvalue weighted by molar-refractivity contribution is 0.0653. The monoisotopic (exact) mass is 305 g/mol. The maximum atomic E-state index is 13.5. The molecule has 0 unspecified atom stereocenters. The first-order chi connectivity index (χ1) is 7.81. The molecule has 0 aliphatic carbocycles. The van der Waals surface area contributed by atoms with Gasteiger partial charge >= 0.3 is 0 Å². The van der Waals surface area contributed by atoms with E-state index in [2.05, 4.69) is 15.9 Å². The molecule has 0 radical (unpaired) electrons. The Morgan fingerprint density at radius 3 is 2.24 bits per heavy atom. The number of benzene rings is 1. The van der Waals surface area contributed by atoms with E-state index in [1.54, 1.807) is 13.8 Å². The van der Waals surface area contributed by atoms with Gasteiger partial charge in [-0.15, -0.1) is 0 Å². The van der Waals surface area contributed by atoms with E-state index < -0.39 is 28.6 Å². The molecule has 5 heteroatoms. The Labute approximate surface area is 108 Å². The van der Waals surface area contributed by atoms with Gasteiger partial charge in [-0.25, -0.2) is 8.78 Å². The molecule has 0 aliphatic heterocycles. The number of hydrogen-bond acceptors (Lipinski definition) is 1.